The van der Waals surface area contributed by atoms with Gasteiger partial charge in [0, 0.05) is 18.0 Å². The van der Waals surface area contributed by atoms with Gasteiger partial charge in [0.25, 0.3) is 0 Å². The van der Waals surface area contributed by atoms with Crippen LogP contribution in [0.5, 0.6) is 0 Å². The first-order valence-electron chi connectivity index (χ1n) is 5.56. The summed E-state index contributed by atoms with van der Waals surface area (Å²) in [7, 11) is 0. The summed E-state index contributed by atoms with van der Waals surface area (Å²) < 4.78 is 5.24. The molecule has 0 radical (unpaired) electrons. The highest BCUT2D eigenvalue weighted by molar-refractivity contribution is 5.18. The number of hydrogen-bond acceptors (Lipinski definition) is 2. The first kappa shape index (κ1) is 10.7. The van der Waals surface area contributed by atoms with Gasteiger partial charge in [-0.3, -0.25) is 0 Å². The second kappa shape index (κ2) is 4.33. The molecule has 1 aromatic rings. The minimum Gasteiger partial charge on any atom is -0.380 e. The highest BCUT2D eigenvalue weighted by atomic mass is 16.5. The summed E-state index contributed by atoms with van der Waals surface area (Å²) >= 11 is 0. The predicted octanol–water partition coefficient (Wildman–Crippen LogP) is 2.37. The van der Waals surface area contributed by atoms with Crippen LogP contribution in [0.4, 0.5) is 0 Å². The van der Waals surface area contributed by atoms with E-state index in [0.29, 0.717) is 11.5 Å². The third-order valence-corrected chi connectivity index (χ3v) is 3.04. The van der Waals surface area contributed by atoms with Gasteiger partial charge in [-0.15, -0.1) is 0 Å². The van der Waals surface area contributed by atoms with Crippen molar-refractivity contribution >= 4 is 0 Å². The summed E-state index contributed by atoms with van der Waals surface area (Å²) in [6.45, 7) is 7.28. The maximum atomic E-state index is 5.24. The molecule has 0 bridgehead atoms. The van der Waals surface area contributed by atoms with Gasteiger partial charge >= 0.3 is 0 Å². The lowest BCUT2D eigenvalue weighted by atomic mass is 9.88. The minimum absolute atomic E-state index is 0.350. The Morgan fingerprint density at radius 1 is 1.33 bits per heavy atom. The van der Waals surface area contributed by atoms with Crippen LogP contribution in [0.3, 0.4) is 0 Å². The van der Waals surface area contributed by atoms with Crippen LogP contribution in [0, 0.1) is 5.41 Å². The number of benzene rings is 1. The average molecular weight is 205 g/mol. The van der Waals surface area contributed by atoms with Crippen molar-refractivity contribution in [3.8, 4) is 0 Å². The molecule has 1 saturated heterocycles. The van der Waals surface area contributed by atoms with E-state index in [4.69, 9.17) is 4.74 Å². The zero-order valence-electron chi connectivity index (χ0n) is 9.49. The van der Waals surface area contributed by atoms with E-state index in [0.717, 1.165) is 19.8 Å². The van der Waals surface area contributed by atoms with Crippen molar-refractivity contribution in [2.45, 2.75) is 19.9 Å². The fourth-order valence-corrected chi connectivity index (χ4v) is 1.81. The fraction of sp³-hybridized carbons (Fsp3) is 0.538. The molecule has 0 amide bonds. The third-order valence-electron chi connectivity index (χ3n) is 3.04. The summed E-state index contributed by atoms with van der Waals surface area (Å²) in [5.41, 5.74) is 1.70. The fourth-order valence-electron chi connectivity index (χ4n) is 1.81. The summed E-state index contributed by atoms with van der Waals surface area (Å²) in [5.74, 6) is 0. The topological polar surface area (TPSA) is 21.3 Å². The predicted molar refractivity (Wildman–Crippen MR) is 61.8 cm³/mol. The number of ether oxygens (including phenoxy) is 1. The largest absolute Gasteiger partial charge is 0.380 e. The molecule has 0 aromatic heterocycles. The average Bonchev–Trinajstić information content (AvgIpc) is 2.24. The molecule has 1 aromatic carbocycles. The molecule has 82 valence electrons. The normalized spacial score (nSPS) is 20.7. The molecule has 15 heavy (non-hydrogen) atoms. The van der Waals surface area contributed by atoms with Crippen LogP contribution in [-0.4, -0.2) is 19.8 Å². The molecule has 0 aliphatic carbocycles. The van der Waals surface area contributed by atoms with Crippen LogP contribution in [0.25, 0.3) is 0 Å². The quantitative estimate of drug-likeness (QED) is 0.815. The molecule has 1 aliphatic rings. The Balaban J connectivity index is 1.85. The van der Waals surface area contributed by atoms with E-state index >= 15 is 0 Å². The Kier molecular flexibility index (Phi) is 3.08. The lowest BCUT2D eigenvalue weighted by Crippen LogP contribution is -2.47. The summed E-state index contributed by atoms with van der Waals surface area (Å²) in [6, 6.07) is 11.0. The zero-order valence-corrected chi connectivity index (χ0v) is 9.49. The summed E-state index contributed by atoms with van der Waals surface area (Å²) in [5, 5.41) is 3.56. The molecule has 2 rings (SSSR count). The summed E-state index contributed by atoms with van der Waals surface area (Å²) in [6.07, 6.45) is 0. The molecular weight excluding hydrogens is 186 g/mol. The third kappa shape index (κ3) is 2.58. The molecule has 2 heteroatoms. The number of hydrogen-bond donors (Lipinski definition) is 1. The van der Waals surface area contributed by atoms with Gasteiger partial charge < -0.3 is 10.1 Å². The smallest absolute Gasteiger partial charge is 0.0554 e. The van der Waals surface area contributed by atoms with Gasteiger partial charge in [0.15, 0.2) is 0 Å². The molecule has 2 nitrogen and oxygen atoms in total. The van der Waals surface area contributed by atoms with Crippen LogP contribution >= 0.6 is 0 Å². The van der Waals surface area contributed by atoms with E-state index in [1.54, 1.807) is 0 Å². The van der Waals surface area contributed by atoms with Gasteiger partial charge in [0.2, 0.25) is 0 Å². The Morgan fingerprint density at radius 3 is 2.53 bits per heavy atom. The Morgan fingerprint density at radius 2 is 2.00 bits per heavy atom. The molecule has 0 spiro atoms. The van der Waals surface area contributed by atoms with Gasteiger partial charge in [-0.05, 0) is 12.5 Å². The number of rotatable bonds is 4. The van der Waals surface area contributed by atoms with Gasteiger partial charge in [0.1, 0.15) is 0 Å². The van der Waals surface area contributed by atoms with Crippen LogP contribution in [0.1, 0.15) is 25.5 Å². The second-order valence-corrected chi connectivity index (χ2v) is 4.82. The van der Waals surface area contributed by atoms with E-state index in [-0.39, 0.29) is 0 Å². The maximum Gasteiger partial charge on any atom is 0.0554 e. The van der Waals surface area contributed by atoms with E-state index in [9.17, 15) is 0 Å². The van der Waals surface area contributed by atoms with E-state index < -0.39 is 0 Å². The maximum absolute atomic E-state index is 5.24. The van der Waals surface area contributed by atoms with Crippen molar-refractivity contribution in [3.63, 3.8) is 0 Å². The Bertz CT molecular complexity index is 306. The monoisotopic (exact) mass is 205 g/mol. The number of nitrogens with one attached hydrogen (secondary N) is 1. The molecule has 0 saturated carbocycles. The molecule has 1 fully saturated rings. The van der Waals surface area contributed by atoms with Crippen LogP contribution < -0.4 is 5.32 Å². The molecule has 1 N–H and O–H groups in total. The van der Waals surface area contributed by atoms with Crippen molar-refractivity contribution in [1.29, 1.82) is 0 Å². The van der Waals surface area contributed by atoms with Crippen molar-refractivity contribution in [3.05, 3.63) is 35.9 Å². The van der Waals surface area contributed by atoms with Gasteiger partial charge in [-0.2, -0.15) is 0 Å². The second-order valence-electron chi connectivity index (χ2n) is 4.82. The lowest BCUT2D eigenvalue weighted by molar-refractivity contribution is -0.0999. The SMILES string of the molecule is C[C@H](NCC1(C)COC1)c1ccccc1. The van der Waals surface area contributed by atoms with Crippen molar-refractivity contribution in [1.82, 2.24) is 5.32 Å². The molecule has 0 unspecified atom stereocenters. The van der Waals surface area contributed by atoms with Gasteiger partial charge in [-0.1, -0.05) is 37.3 Å². The standard InChI is InChI=1S/C13H19NO/c1-11(12-6-4-3-5-7-12)14-8-13(2)9-15-10-13/h3-7,11,14H,8-10H2,1-2H3/t11-/m0/s1. The molecule has 1 heterocycles. The highest BCUT2D eigenvalue weighted by Gasteiger charge is 2.33. The van der Waals surface area contributed by atoms with Crippen LogP contribution in [0.15, 0.2) is 30.3 Å². The van der Waals surface area contributed by atoms with E-state index in [1.165, 1.54) is 5.56 Å². The highest BCUT2D eigenvalue weighted by Crippen LogP contribution is 2.26. The Hall–Kier alpha value is -0.860. The minimum atomic E-state index is 0.350. The first-order valence-corrected chi connectivity index (χ1v) is 5.56. The van der Waals surface area contributed by atoms with Crippen molar-refractivity contribution in [2.75, 3.05) is 19.8 Å². The lowest BCUT2D eigenvalue weighted by Gasteiger charge is -2.39. The molecule has 1 aliphatic heterocycles. The zero-order chi connectivity index (χ0) is 10.7. The van der Waals surface area contributed by atoms with E-state index in [2.05, 4.69) is 49.5 Å². The van der Waals surface area contributed by atoms with Crippen molar-refractivity contribution < 1.29 is 4.74 Å². The summed E-state index contributed by atoms with van der Waals surface area (Å²) in [4.78, 5) is 0. The molecule has 1 atom stereocenters. The van der Waals surface area contributed by atoms with Gasteiger partial charge in [0.05, 0.1) is 13.2 Å². The Labute approximate surface area is 91.6 Å². The van der Waals surface area contributed by atoms with Crippen LogP contribution in [-0.2, 0) is 4.74 Å². The van der Waals surface area contributed by atoms with E-state index in [1.807, 2.05) is 0 Å². The molecular formula is C13H19NO. The van der Waals surface area contributed by atoms with Crippen molar-refractivity contribution in [2.24, 2.45) is 5.41 Å². The van der Waals surface area contributed by atoms with Gasteiger partial charge in [-0.25, -0.2) is 0 Å². The first-order chi connectivity index (χ1) is 7.20. The van der Waals surface area contributed by atoms with Crippen LogP contribution in [0.2, 0.25) is 0 Å².